The first-order valence-electron chi connectivity index (χ1n) is 7.69. The fourth-order valence-electron chi connectivity index (χ4n) is 2.79. The third-order valence-corrected chi connectivity index (χ3v) is 3.97. The second kappa shape index (κ2) is 6.00. The number of para-hydroxylation sites is 2. The minimum Gasteiger partial charge on any atom is -0.323 e. The average molecular weight is 344 g/mol. The van der Waals surface area contributed by atoms with E-state index in [0.29, 0.717) is 16.3 Å². The molecule has 1 aromatic carbocycles. The van der Waals surface area contributed by atoms with Crippen molar-refractivity contribution in [2.75, 3.05) is 23.3 Å². The zero-order valence-corrected chi connectivity index (χ0v) is 13.7. The number of rotatable bonds is 3. The summed E-state index contributed by atoms with van der Waals surface area (Å²) >= 11 is 0. The van der Waals surface area contributed by atoms with Gasteiger partial charge in [-0.3, -0.25) is 29.0 Å². The Morgan fingerprint density at radius 3 is 2.44 bits per heavy atom. The van der Waals surface area contributed by atoms with E-state index in [1.165, 1.54) is 4.90 Å². The molecule has 0 atom stereocenters. The van der Waals surface area contributed by atoms with Gasteiger partial charge in [0, 0.05) is 6.04 Å². The molecule has 9 heteroatoms. The summed E-state index contributed by atoms with van der Waals surface area (Å²) < 4.78 is 0. The van der Waals surface area contributed by atoms with Crippen LogP contribution in [0.5, 0.6) is 0 Å². The van der Waals surface area contributed by atoms with Gasteiger partial charge < -0.3 is 5.32 Å². The maximum absolute atomic E-state index is 12.6. The molecule has 0 aromatic heterocycles. The number of amides is 6. The van der Waals surface area contributed by atoms with E-state index < -0.39 is 36.3 Å². The lowest BCUT2D eigenvalue weighted by molar-refractivity contribution is -0.144. The molecule has 2 aliphatic rings. The Hall–Kier alpha value is -3.23. The molecule has 130 valence electrons. The van der Waals surface area contributed by atoms with Crippen LogP contribution in [0.15, 0.2) is 24.3 Å². The molecular formula is C16H16N4O5. The molecule has 25 heavy (non-hydrogen) atoms. The number of nitrogens with zero attached hydrogens (tertiary/aromatic N) is 3. The summed E-state index contributed by atoms with van der Waals surface area (Å²) in [6, 6.07) is 5.38. The van der Waals surface area contributed by atoms with Crippen LogP contribution in [-0.4, -0.2) is 58.6 Å². The second-order valence-corrected chi connectivity index (χ2v) is 5.99. The van der Waals surface area contributed by atoms with Crippen molar-refractivity contribution >= 4 is 41.0 Å². The Kier molecular flexibility index (Phi) is 3.99. The molecule has 0 aliphatic carbocycles. The Balaban J connectivity index is 1.84. The molecule has 1 fully saturated rings. The molecule has 3 rings (SSSR count). The first kappa shape index (κ1) is 16.6. The molecule has 0 radical (unpaired) electrons. The summed E-state index contributed by atoms with van der Waals surface area (Å²) in [5.74, 6) is -3.00. The second-order valence-electron chi connectivity index (χ2n) is 5.99. The molecule has 0 saturated carbocycles. The minimum absolute atomic E-state index is 0.228. The maximum atomic E-state index is 12.6. The van der Waals surface area contributed by atoms with Gasteiger partial charge in [0.25, 0.3) is 0 Å². The molecule has 0 spiro atoms. The van der Waals surface area contributed by atoms with Crippen LogP contribution in [0, 0.1) is 0 Å². The predicted octanol–water partition coefficient (Wildman–Crippen LogP) is 0.171. The van der Waals surface area contributed by atoms with Gasteiger partial charge in [-0.25, -0.2) is 9.69 Å². The van der Waals surface area contributed by atoms with Crippen molar-refractivity contribution in [3.63, 3.8) is 0 Å². The molecule has 1 N–H and O–H groups in total. The zero-order valence-electron chi connectivity index (χ0n) is 13.7. The number of carbonyl (C=O) groups excluding carboxylic acids is 5. The monoisotopic (exact) mass is 344 g/mol. The normalized spacial score (nSPS) is 17.3. The van der Waals surface area contributed by atoms with E-state index in [4.69, 9.17) is 0 Å². The Morgan fingerprint density at radius 1 is 1.12 bits per heavy atom. The predicted molar refractivity (Wildman–Crippen MR) is 86.5 cm³/mol. The highest BCUT2D eigenvalue weighted by molar-refractivity contribution is 6.45. The number of benzene rings is 1. The first-order chi connectivity index (χ1) is 11.8. The van der Waals surface area contributed by atoms with Crippen LogP contribution in [0.1, 0.15) is 13.8 Å². The summed E-state index contributed by atoms with van der Waals surface area (Å²) in [7, 11) is 0. The van der Waals surface area contributed by atoms with E-state index in [2.05, 4.69) is 5.32 Å². The molecule has 0 bridgehead atoms. The lowest BCUT2D eigenvalue weighted by Crippen LogP contribution is -2.48. The molecule has 9 nitrogen and oxygen atoms in total. The number of fused-ring (bicyclic) bond motifs is 1. The van der Waals surface area contributed by atoms with Crippen LogP contribution in [0.25, 0.3) is 0 Å². The van der Waals surface area contributed by atoms with Crippen molar-refractivity contribution in [2.45, 2.75) is 19.9 Å². The van der Waals surface area contributed by atoms with E-state index >= 15 is 0 Å². The highest BCUT2D eigenvalue weighted by Gasteiger charge is 2.47. The lowest BCUT2D eigenvalue weighted by atomic mass is 10.2. The summed E-state index contributed by atoms with van der Waals surface area (Å²) in [4.78, 5) is 63.2. The van der Waals surface area contributed by atoms with Gasteiger partial charge in [-0.2, -0.15) is 0 Å². The Morgan fingerprint density at radius 2 is 1.80 bits per heavy atom. The van der Waals surface area contributed by atoms with Crippen molar-refractivity contribution in [2.24, 2.45) is 0 Å². The minimum atomic E-state index is -1.04. The van der Waals surface area contributed by atoms with Gasteiger partial charge in [0.05, 0.1) is 11.4 Å². The number of hydrogen-bond acceptors (Lipinski definition) is 5. The average Bonchev–Trinajstić information content (AvgIpc) is 2.77. The number of urea groups is 1. The van der Waals surface area contributed by atoms with E-state index in [1.807, 2.05) is 0 Å². The van der Waals surface area contributed by atoms with Crippen molar-refractivity contribution in [3.05, 3.63) is 24.3 Å². The highest BCUT2D eigenvalue weighted by Crippen LogP contribution is 2.29. The number of anilines is 2. The first-order valence-corrected chi connectivity index (χ1v) is 7.69. The number of imide groups is 2. The number of carbonyl (C=O) groups is 5. The summed E-state index contributed by atoms with van der Waals surface area (Å²) in [6.45, 7) is 2.36. The Labute approximate surface area is 143 Å². The van der Waals surface area contributed by atoms with Crippen LogP contribution in [0.2, 0.25) is 0 Å². The summed E-state index contributed by atoms with van der Waals surface area (Å²) in [6.07, 6.45) is 0. The van der Waals surface area contributed by atoms with Crippen LogP contribution in [0.4, 0.5) is 16.2 Å². The smallest absolute Gasteiger partial charge is 0.323 e. The largest absolute Gasteiger partial charge is 0.334 e. The lowest BCUT2D eigenvalue weighted by Gasteiger charge is -2.30. The molecule has 0 unspecified atom stereocenters. The van der Waals surface area contributed by atoms with Gasteiger partial charge in [-0.1, -0.05) is 12.1 Å². The fourth-order valence-corrected chi connectivity index (χ4v) is 2.79. The molecule has 1 aromatic rings. The van der Waals surface area contributed by atoms with E-state index in [0.717, 1.165) is 4.90 Å². The zero-order chi connectivity index (χ0) is 18.3. The van der Waals surface area contributed by atoms with Crippen LogP contribution in [0.3, 0.4) is 0 Å². The van der Waals surface area contributed by atoms with Crippen LogP contribution < -0.4 is 10.2 Å². The van der Waals surface area contributed by atoms with Gasteiger partial charge in [0.15, 0.2) is 0 Å². The van der Waals surface area contributed by atoms with Crippen molar-refractivity contribution < 1.29 is 24.0 Å². The molecule has 1 saturated heterocycles. The van der Waals surface area contributed by atoms with E-state index in [9.17, 15) is 24.0 Å². The van der Waals surface area contributed by atoms with Gasteiger partial charge in [0.2, 0.25) is 11.8 Å². The molecule has 2 heterocycles. The van der Waals surface area contributed by atoms with Gasteiger partial charge in [-0.05, 0) is 26.0 Å². The third-order valence-electron chi connectivity index (χ3n) is 3.97. The summed E-state index contributed by atoms with van der Waals surface area (Å²) in [5, 5.41) is 2.64. The number of nitrogens with one attached hydrogen (secondary N) is 1. The SMILES string of the molecule is CC(C)N1C(=O)C(=O)N(CC(=O)N2CC(=O)Nc3ccccc32)C1=O. The molecule has 2 aliphatic heterocycles. The van der Waals surface area contributed by atoms with E-state index in [1.54, 1.807) is 38.1 Å². The standard InChI is InChI=1S/C16H16N4O5/c1-9(2)20-15(24)14(23)19(16(20)25)8-13(22)18-7-12(21)17-10-5-3-4-6-11(10)18/h3-6,9H,7-8H2,1-2H3,(H,17,21). The maximum Gasteiger partial charge on any atom is 0.334 e. The highest BCUT2D eigenvalue weighted by atomic mass is 16.2. The van der Waals surface area contributed by atoms with Crippen LogP contribution in [-0.2, 0) is 19.2 Å². The van der Waals surface area contributed by atoms with Crippen molar-refractivity contribution in [1.29, 1.82) is 0 Å². The molecular weight excluding hydrogens is 328 g/mol. The fraction of sp³-hybridized carbons (Fsp3) is 0.312. The number of hydrogen-bond donors (Lipinski definition) is 1. The van der Waals surface area contributed by atoms with Gasteiger partial charge in [0.1, 0.15) is 13.1 Å². The van der Waals surface area contributed by atoms with Gasteiger partial charge >= 0.3 is 17.8 Å². The van der Waals surface area contributed by atoms with Crippen molar-refractivity contribution in [1.82, 2.24) is 9.80 Å². The van der Waals surface area contributed by atoms with E-state index in [-0.39, 0.29) is 12.5 Å². The van der Waals surface area contributed by atoms with Crippen molar-refractivity contribution in [3.8, 4) is 0 Å². The third kappa shape index (κ3) is 2.73. The quantitative estimate of drug-likeness (QED) is 0.621. The van der Waals surface area contributed by atoms with Crippen LogP contribution >= 0.6 is 0 Å². The molecule has 6 amide bonds. The topological polar surface area (TPSA) is 107 Å². The van der Waals surface area contributed by atoms with Gasteiger partial charge in [-0.15, -0.1) is 0 Å². The Bertz CT molecular complexity index is 803. The summed E-state index contributed by atoms with van der Waals surface area (Å²) in [5.41, 5.74) is 0.935.